The number of nitrogens with one attached hydrogen (secondary N) is 1. The number of nitrogens with zero attached hydrogens (tertiary/aromatic N) is 1. The molecule has 2 heterocycles. The molecule has 27 heavy (non-hydrogen) atoms. The van der Waals surface area contributed by atoms with Crippen LogP contribution < -0.4 is 10.1 Å². The maximum absolute atomic E-state index is 12.2. The second kappa shape index (κ2) is 8.22. The van der Waals surface area contributed by atoms with E-state index in [-0.39, 0.29) is 23.3 Å². The Hall–Kier alpha value is -2.20. The summed E-state index contributed by atoms with van der Waals surface area (Å²) < 4.78 is 57.9. The third kappa shape index (κ3) is 5.39. The maximum Gasteiger partial charge on any atom is 0.387 e. The minimum absolute atomic E-state index is 0.0245. The molecular formula is C17H18F2N2O4S2. The first-order chi connectivity index (χ1) is 12.8. The van der Waals surface area contributed by atoms with Crippen LogP contribution in [0.3, 0.4) is 0 Å². The lowest BCUT2D eigenvalue weighted by Crippen LogP contribution is -2.42. The van der Waals surface area contributed by atoms with E-state index in [1.807, 2.05) is 0 Å². The fraction of sp³-hybridized carbons (Fsp3) is 0.353. The molecule has 1 aromatic heterocycles. The van der Waals surface area contributed by atoms with Crippen LogP contribution in [0.4, 0.5) is 14.5 Å². The fourth-order valence-corrected chi connectivity index (χ4v) is 4.94. The third-order valence-electron chi connectivity index (χ3n) is 4.15. The van der Waals surface area contributed by atoms with E-state index in [9.17, 15) is 17.2 Å². The first kappa shape index (κ1) is 19.6. The van der Waals surface area contributed by atoms with Gasteiger partial charge < -0.3 is 19.4 Å². The van der Waals surface area contributed by atoms with E-state index < -0.39 is 16.4 Å². The average Bonchev–Trinajstić information content (AvgIpc) is 3.23. The number of ether oxygens (including phenoxy) is 1. The fourth-order valence-electron chi connectivity index (χ4n) is 2.87. The van der Waals surface area contributed by atoms with Gasteiger partial charge in [0.05, 0.1) is 24.3 Å². The summed E-state index contributed by atoms with van der Waals surface area (Å²) in [7, 11) is -3.09. The van der Waals surface area contributed by atoms with Gasteiger partial charge in [-0.15, -0.1) is 0 Å². The van der Waals surface area contributed by atoms with Gasteiger partial charge in [-0.1, -0.05) is 0 Å². The molecule has 146 valence electrons. The van der Waals surface area contributed by atoms with E-state index in [1.54, 1.807) is 29.2 Å². The number of hydrogen-bond donors (Lipinski definition) is 1. The molecule has 1 aromatic carbocycles. The number of hydrogen-bond acceptors (Lipinski definition) is 5. The molecule has 0 spiro atoms. The SMILES string of the molecule is O=S1(=O)CC[C@H](N(Cc2ccco2)C(=S)Nc2ccc(OC(F)F)cc2)C1. The highest BCUT2D eigenvalue weighted by atomic mass is 32.2. The lowest BCUT2D eigenvalue weighted by Gasteiger charge is -2.30. The lowest BCUT2D eigenvalue weighted by molar-refractivity contribution is -0.0498. The molecule has 1 N–H and O–H groups in total. The number of furan rings is 1. The van der Waals surface area contributed by atoms with Gasteiger partial charge in [0, 0.05) is 11.7 Å². The van der Waals surface area contributed by atoms with Crippen molar-refractivity contribution in [3.63, 3.8) is 0 Å². The van der Waals surface area contributed by atoms with E-state index in [0.29, 0.717) is 29.5 Å². The molecular weight excluding hydrogens is 398 g/mol. The minimum atomic E-state index is -3.09. The second-order valence-corrected chi connectivity index (χ2v) is 8.71. The summed E-state index contributed by atoms with van der Waals surface area (Å²) in [6.07, 6.45) is 2.02. The second-order valence-electron chi connectivity index (χ2n) is 6.10. The Morgan fingerprint density at radius 2 is 2.07 bits per heavy atom. The van der Waals surface area contributed by atoms with Crippen LogP contribution in [0, 0.1) is 0 Å². The van der Waals surface area contributed by atoms with Crippen LogP contribution in [0.1, 0.15) is 12.2 Å². The normalized spacial score (nSPS) is 18.4. The molecule has 0 aliphatic carbocycles. The zero-order valence-corrected chi connectivity index (χ0v) is 15.8. The number of anilines is 1. The first-order valence-corrected chi connectivity index (χ1v) is 10.4. The third-order valence-corrected chi connectivity index (χ3v) is 6.23. The predicted molar refractivity (Wildman–Crippen MR) is 101 cm³/mol. The number of alkyl halides is 2. The van der Waals surface area contributed by atoms with Crippen LogP contribution >= 0.6 is 12.2 Å². The van der Waals surface area contributed by atoms with Crippen LogP contribution in [0.25, 0.3) is 0 Å². The number of rotatable bonds is 6. The molecule has 1 aliphatic heterocycles. The van der Waals surface area contributed by atoms with Gasteiger partial charge in [-0.3, -0.25) is 0 Å². The smallest absolute Gasteiger partial charge is 0.387 e. The van der Waals surface area contributed by atoms with Crippen molar-refractivity contribution in [3.8, 4) is 5.75 Å². The minimum Gasteiger partial charge on any atom is -0.467 e. The van der Waals surface area contributed by atoms with Crippen LogP contribution in [-0.2, 0) is 16.4 Å². The Morgan fingerprint density at radius 3 is 2.63 bits per heavy atom. The van der Waals surface area contributed by atoms with Crippen molar-refractivity contribution in [2.75, 3.05) is 16.8 Å². The standard InChI is InChI=1S/C17H18F2N2O4S2/c18-16(19)25-14-5-3-12(4-6-14)20-17(26)21(10-15-2-1-8-24-15)13-7-9-27(22,23)11-13/h1-6,8,13,16H,7,9-11H2,(H,20,26)/t13-/m0/s1. The summed E-state index contributed by atoms with van der Waals surface area (Å²) in [6, 6.07) is 9.18. The number of sulfone groups is 1. The molecule has 1 aliphatic rings. The van der Waals surface area contributed by atoms with Crippen LogP contribution in [0.5, 0.6) is 5.75 Å². The van der Waals surface area contributed by atoms with Crippen LogP contribution in [-0.4, -0.2) is 42.6 Å². The molecule has 2 aromatic rings. The van der Waals surface area contributed by atoms with E-state index in [4.69, 9.17) is 16.6 Å². The van der Waals surface area contributed by atoms with Gasteiger partial charge in [0.25, 0.3) is 0 Å². The monoisotopic (exact) mass is 416 g/mol. The first-order valence-electron chi connectivity index (χ1n) is 8.18. The summed E-state index contributed by atoms with van der Waals surface area (Å²) in [5.74, 6) is 0.839. The highest BCUT2D eigenvalue weighted by Crippen LogP contribution is 2.23. The molecule has 0 radical (unpaired) electrons. The summed E-state index contributed by atoms with van der Waals surface area (Å²) >= 11 is 5.47. The number of halogens is 2. The molecule has 1 fully saturated rings. The van der Waals surface area contributed by atoms with Crippen LogP contribution in [0.2, 0.25) is 0 Å². The van der Waals surface area contributed by atoms with Crippen molar-refractivity contribution in [2.24, 2.45) is 0 Å². The zero-order chi connectivity index (χ0) is 19.4. The van der Waals surface area contributed by atoms with Crippen molar-refractivity contribution < 1.29 is 26.4 Å². The molecule has 3 rings (SSSR count). The summed E-state index contributed by atoms with van der Waals surface area (Å²) in [5.41, 5.74) is 0.576. The predicted octanol–water partition coefficient (Wildman–Crippen LogP) is 3.27. The van der Waals surface area contributed by atoms with Crippen molar-refractivity contribution >= 4 is 32.9 Å². The van der Waals surface area contributed by atoms with Gasteiger partial charge in [0.1, 0.15) is 11.5 Å². The van der Waals surface area contributed by atoms with Crippen LogP contribution in [0.15, 0.2) is 47.1 Å². The van der Waals surface area contributed by atoms with E-state index >= 15 is 0 Å². The largest absolute Gasteiger partial charge is 0.467 e. The summed E-state index contributed by atoms with van der Waals surface area (Å²) in [4.78, 5) is 1.78. The molecule has 0 amide bonds. The summed E-state index contributed by atoms with van der Waals surface area (Å²) in [5, 5.41) is 3.35. The van der Waals surface area contributed by atoms with Gasteiger partial charge in [-0.2, -0.15) is 8.78 Å². The van der Waals surface area contributed by atoms with Crippen molar-refractivity contribution in [1.29, 1.82) is 0 Å². The van der Waals surface area contributed by atoms with Gasteiger partial charge in [0.2, 0.25) is 0 Å². The Bertz CT molecular complexity index is 871. The highest BCUT2D eigenvalue weighted by molar-refractivity contribution is 7.91. The average molecular weight is 416 g/mol. The highest BCUT2D eigenvalue weighted by Gasteiger charge is 2.34. The Balaban J connectivity index is 1.72. The molecule has 10 heteroatoms. The molecule has 6 nitrogen and oxygen atoms in total. The van der Waals surface area contributed by atoms with Gasteiger partial charge >= 0.3 is 6.61 Å². The summed E-state index contributed by atoms with van der Waals surface area (Å²) in [6.45, 7) is -2.57. The van der Waals surface area contributed by atoms with Crippen molar-refractivity contribution in [1.82, 2.24) is 4.90 Å². The maximum atomic E-state index is 12.2. The quantitative estimate of drug-likeness (QED) is 0.725. The van der Waals surface area contributed by atoms with Gasteiger partial charge in [0.15, 0.2) is 14.9 Å². The number of benzene rings is 1. The molecule has 0 unspecified atom stereocenters. The van der Waals surface area contributed by atoms with Gasteiger partial charge in [-0.05, 0) is 55.0 Å². The Labute approximate surface area is 161 Å². The van der Waals surface area contributed by atoms with Gasteiger partial charge in [-0.25, -0.2) is 8.42 Å². The Kier molecular flexibility index (Phi) is 5.95. The molecule has 0 bridgehead atoms. The van der Waals surface area contributed by atoms with E-state index in [0.717, 1.165) is 0 Å². The topological polar surface area (TPSA) is 71.8 Å². The van der Waals surface area contributed by atoms with Crippen molar-refractivity contribution in [3.05, 3.63) is 48.4 Å². The molecule has 1 saturated heterocycles. The zero-order valence-electron chi connectivity index (χ0n) is 14.2. The lowest BCUT2D eigenvalue weighted by atomic mass is 10.2. The van der Waals surface area contributed by atoms with E-state index in [2.05, 4.69) is 10.1 Å². The molecule has 1 atom stereocenters. The van der Waals surface area contributed by atoms with Crippen molar-refractivity contribution in [2.45, 2.75) is 25.6 Å². The molecule has 0 saturated carbocycles. The number of thiocarbonyl (C=S) groups is 1. The van der Waals surface area contributed by atoms with E-state index in [1.165, 1.54) is 18.4 Å². The Morgan fingerprint density at radius 1 is 1.33 bits per heavy atom.